The SMILES string of the molecule is CN(Cc1ccc(C#CCO)cc1)S(=O)(=O)C1CCCC1. The maximum Gasteiger partial charge on any atom is 0.217 e. The Hall–Kier alpha value is -1.35. The standard InChI is InChI=1S/C16H21NO3S/c1-17(21(19,20)16-6-2-3-7-16)13-15-10-8-14(9-11-15)5-4-12-18/h8-11,16,18H,2-3,6-7,12-13H2,1H3. The predicted octanol–water partition coefficient (Wildman–Crippen LogP) is 1.73. The van der Waals surface area contributed by atoms with Crippen LogP contribution in [0, 0.1) is 11.8 Å². The Morgan fingerprint density at radius 1 is 1.24 bits per heavy atom. The Bertz CT molecular complexity index is 620. The highest BCUT2D eigenvalue weighted by molar-refractivity contribution is 7.89. The van der Waals surface area contributed by atoms with Crippen LogP contribution in [0.15, 0.2) is 24.3 Å². The molecule has 0 spiro atoms. The van der Waals surface area contributed by atoms with Gasteiger partial charge < -0.3 is 5.11 Å². The van der Waals surface area contributed by atoms with Gasteiger partial charge in [-0.25, -0.2) is 12.7 Å². The number of benzene rings is 1. The Morgan fingerprint density at radius 2 is 1.86 bits per heavy atom. The number of aliphatic hydroxyl groups is 1. The molecule has 4 nitrogen and oxygen atoms in total. The summed E-state index contributed by atoms with van der Waals surface area (Å²) in [5.74, 6) is 5.40. The average Bonchev–Trinajstić information content (AvgIpc) is 3.01. The van der Waals surface area contributed by atoms with Crippen LogP contribution < -0.4 is 0 Å². The number of rotatable bonds is 4. The van der Waals surface area contributed by atoms with Crippen LogP contribution in [0.3, 0.4) is 0 Å². The second-order valence-electron chi connectivity index (χ2n) is 5.36. The third-order valence-corrected chi connectivity index (χ3v) is 6.14. The minimum Gasteiger partial charge on any atom is -0.384 e. The lowest BCUT2D eigenvalue weighted by molar-refractivity contribution is 0.350. The zero-order valence-electron chi connectivity index (χ0n) is 12.2. The summed E-state index contributed by atoms with van der Waals surface area (Å²) in [5, 5.41) is 8.44. The third-order valence-electron chi connectivity index (χ3n) is 3.83. The lowest BCUT2D eigenvalue weighted by Gasteiger charge is -2.21. The van der Waals surface area contributed by atoms with E-state index in [9.17, 15) is 8.42 Å². The molecule has 5 heteroatoms. The topological polar surface area (TPSA) is 57.6 Å². The summed E-state index contributed by atoms with van der Waals surface area (Å²) in [7, 11) is -1.54. The number of sulfonamides is 1. The van der Waals surface area contributed by atoms with Gasteiger partial charge in [-0.1, -0.05) is 36.8 Å². The molecule has 0 atom stereocenters. The first-order valence-corrected chi connectivity index (χ1v) is 8.68. The van der Waals surface area contributed by atoms with Crippen LogP contribution in [0.4, 0.5) is 0 Å². The molecule has 1 fully saturated rings. The van der Waals surface area contributed by atoms with Crippen LogP contribution >= 0.6 is 0 Å². The molecule has 1 aliphatic carbocycles. The van der Waals surface area contributed by atoms with Gasteiger partial charge in [0, 0.05) is 19.2 Å². The van der Waals surface area contributed by atoms with E-state index >= 15 is 0 Å². The maximum atomic E-state index is 12.4. The molecule has 0 heterocycles. The van der Waals surface area contributed by atoms with E-state index < -0.39 is 10.0 Å². The molecule has 114 valence electrons. The van der Waals surface area contributed by atoms with Crippen molar-refractivity contribution in [3.63, 3.8) is 0 Å². The summed E-state index contributed by atoms with van der Waals surface area (Å²) in [6.45, 7) is 0.219. The Kier molecular flexibility index (Phi) is 5.40. The number of nitrogens with zero attached hydrogens (tertiary/aromatic N) is 1. The second-order valence-corrected chi connectivity index (χ2v) is 7.68. The first-order valence-electron chi connectivity index (χ1n) is 7.18. The highest BCUT2D eigenvalue weighted by Crippen LogP contribution is 2.27. The van der Waals surface area contributed by atoms with Gasteiger partial charge in [0.25, 0.3) is 0 Å². The van der Waals surface area contributed by atoms with Crippen molar-refractivity contribution in [1.82, 2.24) is 4.31 Å². The van der Waals surface area contributed by atoms with E-state index in [0.29, 0.717) is 6.54 Å². The van der Waals surface area contributed by atoms with Crippen molar-refractivity contribution in [3.05, 3.63) is 35.4 Å². The van der Waals surface area contributed by atoms with Gasteiger partial charge in [-0.3, -0.25) is 0 Å². The van der Waals surface area contributed by atoms with E-state index in [-0.39, 0.29) is 11.9 Å². The predicted molar refractivity (Wildman–Crippen MR) is 83.0 cm³/mol. The van der Waals surface area contributed by atoms with Crippen molar-refractivity contribution in [2.75, 3.05) is 13.7 Å². The smallest absolute Gasteiger partial charge is 0.217 e. The molecule has 1 saturated carbocycles. The quantitative estimate of drug-likeness (QED) is 0.862. The fourth-order valence-electron chi connectivity index (χ4n) is 2.62. The number of hydrogen-bond donors (Lipinski definition) is 1. The molecule has 1 aromatic rings. The Morgan fingerprint density at radius 3 is 2.43 bits per heavy atom. The van der Waals surface area contributed by atoms with Crippen LogP contribution in [0.25, 0.3) is 0 Å². The summed E-state index contributed by atoms with van der Waals surface area (Å²) in [6, 6.07) is 7.44. The van der Waals surface area contributed by atoms with Gasteiger partial charge in [-0.2, -0.15) is 0 Å². The van der Waals surface area contributed by atoms with E-state index in [1.807, 2.05) is 24.3 Å². The molecule has 0 radical (unpaired) electrons. The van der Waals surface area contributed by atoms with E-state index in [2.05, 4.69) is 11.8 Å². The van der Waals surface area contributed by atoms with Crippen molar-refractivity contribution in [3.8, 4) is 11.8 Å². The van der Waals surface area contributed by atoms with Crippen LogP contribution in [0.5, 0.6) is 0 Å². The van der Waals surface area contributed by atoms with E-state index in [1.165, 1.54) is 4.31 Å². The largest absolute Gasteiger partial charge is 0.384 e. The monoisotopic (exact) mass is 307 g/mol. The van der Waals surface area contributed by atoms with Crippen molar-refractivity contribution < 1.29 is 13.5 Å². The van der Waals surface area contributed by atoms with Crippen LogP contribution in [0.1, 0.15) is 36.8 Å². The number of hydrogen-bond acceptors (Lipinski definition) is 3. The van der Waals surface area contributed by atoms with Gasteiger partial charge in [-0.15, -0.1) is 0 Å². The fourth-order valence-corrected chi connectivity index (χ4v) is 4.39. The van der Waals surface area contributed by atoms with Gasteiger partial charge in [0.15, 0.2) is 0 Å². The Labute approximate surface area is 126 Å². The van der Waals surface area contributed by atoms with E-state index in [1.54, 1.807) is 7.05 Å². The van der Waals surface area contributed by atoms with Gasteiger partial charge in [-0.05, 0) is 30.5 Å². The van der Waals surface area contributed by atoms with Crippen molar-refractivity contribution >= 4 is 10.0 Å². The minimum absolute atomic E-state index is 0.163. The van der Waals surface area contributed by atoms with Crippen LogP contribution in [-0.2, 0) is 16.6 Å². The summed E-state index contributed by atoms with van der Waals surface area (Å²) in [4.78, 5) is 0. The molecule has 21 heavy (non-hydrogen) atoms. The van der Waals surface area contributed by atoms with Crippen molar-refractivity contribution in [2.24, 2.45) is 0 Å². The maximum absolute atomic E-state index is 12.4. The molecule has 0 saturated heterocycles. The molecule has 0 bridgehead atoms. The Balaban J connectivity index is 2.03. The molecular formula is C16H21NO3S. The first-order chi connectivity index (χ1) is 10.0. The van der Waals surface area contributed by atoms with Gasteiger partial charge in [0.05, 0.1) is 5.25 Å². The van der Waals surface area contributed by atoms with Crippen LogP contribution in [0.2, 0.25) is 0 Å². The molecule has 0 unspecified atom stereocenters. The lowest BCUT2D eigenvalue weighted by Crippen LogP contribution is -2.34. The summed E-state index contributed by atoms with van der Waals surface area (Å²) < 4.78 is 26.3. The van der Waals surface area contributed by atoms with E-state index in [4.69, 9.17) is 5.11 Å². The lowest BCUT2D eigenvalue weighted by atomic mass is 10.1. The van der Waals surface area contributed by atoms with Crippen molar-refractivity contribution in [1.29, 1.82) is 0 Å². The van der Waals surface area contributed by atoms with Gasteiger partial charge in [0.1, 0.15) is 6.61 Å². The second kappa shape index (κ2) is 7.08. The van der Waals surface area contributed by atoms with Gasteiger partial charge in [0.2, 0.25) is 10.0 Å². The molecule has 0 aliphatic heterocycles. The van der Waals surface area contributed by atoms with E-state index in [0.717, 1.165) is 36.8 Å². The fraction of sp³-hybridized carbons (Fsp3) is 0.500. The third kappa shape index (κ3) is 4.07. The highest BCUT2D eigenvalue weighted by Gasteiger charge is 2.31. The normalized spacial score (nSPS) is 16.0. The van der Waals surface area contributed by atoms with Crippen LogP contribution in [-0.4, -0.2) is 36.7 Å². The molecule has 0 amide bonds. The molecule has 1 aromatic carbocycles. The summed E-state index contributed by atoms with van der Waals surface area (Å²) in [5.41, 5.74) is 1.75. The molecule has 0 aromatic heterocycles. The zero-order chi connectivity index (χ0) is 15.3. The summed E-state index contributed by atoms with van der Waals surface area (Å²) >= 11 is 0. The van der Waals surface area contributed by atoms with Gasteiger partial charge >= 0.3 is 0 Å². The first kappa shape index (κ1) is 16.0. The molecule has 1 N–H and O–H groups in total. The minimum atomic E-state index is -3.19. The highest BCUT2D eigenvalue weighted by atomic mass is 32.2. The number of aliphatic hydroxyl groups excluding tert-OH is 1. The molecular weight excluding hydrogens is 286 g/mol. The average molecular weight is 307 g/mol. The molecule has 1 aliphatic rings. The summed E-state index contributed by atoms with van der Waals surface area (Å²) in [6.07, 6.45) is 3.58. The molecule has 2 rings (SSSR count). The van der Waals surface area contributed by atoms with Crippen molar-refractivity contribution in [2.45, 2.75) is 37.5 Å². The zero-order valence-corrected chi connectivity index (χ0v) is 13.1.